The van der Waals surface area contributed by atoms with Crippen LogP contribution in [0, 0.1) is 0 Å². The molecule has 24 heavy (non-hydrogen) atoms. The van der Waals surface area contributed by atoms with E-state index in [0.29, 0.717) is 18.9 Å². The number of hydrogen-bond acceptors (Lipinski definition) is 6. The molecule has 0 bridgehead atoms. The average molecular weight is 348 g/mol. The van der Waals surface area contributed by atoms with Crippen molar-refractivity contribution in [3.8, 4) is 0 Å². The SMILES string of the molecule is O=S(=O)(Cc1ccccn1)NCc1ccc(N2CCOCC2)nc1. The van der Waals surface area contributed by atoms with E-state index in [-0.39, 0.29) is 12.3 Å². The number of aromatic nitrogens is 2. The van der Waals surface area contributed by atoms with Crippen LogP contribution in [0.3, 0.4) is 0 Å². The molecule has 8 heteroatoms. The van der Waals surface area contributed by atoms with E-state index >= 15 is 0 Å². The van der Waals surface area contributed by atoms with Crippen molar-refractivity contribution in [2.24, 2.45) is 0 Å². The average Bonchev–Trinajstić information content (AvgIpc) is 2.62. The first-order chi connectivity index (χ1) is 11.6. The van der Waals surface area contributed by atoms with Crippen LogP contribution in [0.2, 0.25) is 0 Å². The molecule has 0 saturated carbocycles. The van der Waals surface area contributed by atoms with Crippen LogP contribution in [0.25, 0.3) is 0 Å². The normalized spacial score (nSPS) is 15.4. The van der Waals surface area contributed by atoms with Crippen molar-refractivity contribution >= 4 is 15.8 Å². The number of nitrogens with one attached hydrogen (secondary N) is 1. The van der Waals surface area contributed by atoms with Crippen LogP contribution in [0.15, 0.2) is 42.7 Å². The van der Waals surface area contributed by atoms with E-state index in [1.165, 1.54) is 0 Å². The summed E-state index contributed by atoms with van der Waals surface area (Å²) in [5.41, 5.74) is 1.34. The molecule has 0 aromatic carbocycles. The van der Waals surface area contributed by atoms with Crippen molar-refractivity contribution in [3.05, 3.63) is 54.0 Å². The number of nitrogens with zero attached hydrogens (tertiary/aromatic N) is 3. The molecule has 7 nitrogen and oxygen atoms in total. The Bertz CT molecular complexity index is 745. The standard InChI is InChI=1S/C16H20N4O3S/c21-24(22,13-15-3-1-2-6-17-15)19-12-14-4-5-16(18-11-14)20-7-9-23-10-8-20/h1-6,11,19H,7-10,12-13H2. The minimum absolute atomic E-state index is 0.132. The minimum atomic E-state index is -3.43. The first kappa shape index (κ1) is 16.8. The van der Waals surface area contributed by atoms with Crippen molar-refractivity contribution in [3.63, 3.8) is 0 Å². The first-order valence-corrected chi connectivity index (χ1v) is 9.42. The van der Waals surface area contributed by atoms with Gasteiger partial charge in [0.25, 0.3) is 0 Å². The summed E-state index contributed by atoms with van der Waals surface area (Å²) in [4.78, 5) is 10.6. The van der Waals surface area contributed by atoms with E-state index in [2.05, 4.69) is 19.6 Å². The van der Waals surface area contributed by atoms with Gasteiger partial charge in [0, 0.05) is 32.0 Å². The van der Waals surface area contributed by atoms with Crippen LogP contribution in [0.4, 0.5) is 5.82 Å². The Balaban J connectivity index is 1.56. The van der Waals surface area contributed by atoms with Crippen LogP contribution in [-0.2, 0) is 27.1 Å². The maximum absolute atomic E-state index is 12.1. The highest BCUT2D eigenvalue weighted by Crippen LogP contribution is 2.13. The first-order valence-electron chi connectivity index (χ1n) is 7.77. The summed E-state index contributed by atoms with van der Waals surface area (Å²) in [7, 11) is -3.43. The van der Waals surface area contributed by atoms with E-state index in [4.69, 9.17) is 4.74 Å². The highest BCUT2D eigenvalue weighted by Gasteiger charge is 2.14. The van der Waals surface area contributed by atoms with E-state index in [1.807, 2.05) is 12.1 Å². The number of pyridine rings is 2. The third-order valence-corrected chi connectivity index (χ3v) is 4.96. The predicted molar refractivity (Wildman–Crippen MR) is 91.0 cm³/mol. The molecule has 0 amide bonds. The van der Waals surface area contributed by atoms with E-state index < -0.39 is 10.0 Å². The van der Waals surface area contributed by atoms with E-state index in [0.717, 1.165) is 24.5 Å². The quantitative estimate of drug-likeness (QED) is 0.836. The van der Waals surface area contributed by atoms with E-state index in [9.17, 15) is 8.42 Å². The van der Waals surface area contributed by atoms with Gasteiger partial charge < -0.3 is 9.64 Å². The van der Waals surface area contributed by atoms with Crippen molar-refractivity contribution in [1.82, 2.24) is 14.7 Å². The molecule has 2 aromatic rings. The monoisotopic (exact) mass is 348 g/mol. The summed E-state index contributed by atoms with van der Waals surface area (Å²) in [6.45, 7) is 3.27. The van der Waals surface area contributed by atoms with Gasteiger partial charge in [-0.05, 0) is 23.8 Å². The van der Waals surface area contributed by atoms with Gasteiger partial charge in [0.1, 0.15) is 11.6 Å². The molecule has 1 fully saturated rings. The smallest absolute Gasteiger partial charge is 0.217 e. The van der Waals surface area contributed by atoms with Crippen LogP contribution < -0.4 is 9.62 Å². The molecule has 0 unspecified atom stereocenters. The summed E-state index contributed by atoms with van der Waals surface area (Å²) >= 11 is 0. The Morgan fingerprint density at radius 2 is 1.96 bits per heavy atom. The number of morpholine rings is 1. The number of ether oxygens (including phenoxy) is 1. The Hall–Kier alpha value is -2.03. The van der Waals surface area contributed by atoms with Crippen LogP contribution in [0.5, 0.6) is 0 Å². The molecule has 1 N–H and O–H groups in total. The van der Waals surface area contributed by atoms with Crippen LogP contribution >= 0.6 is 0 Å². The number of hydrogen-bond donors (Lipinski definition) is 1. The van der Waals surface area contributed by atoms with Crippen molar-refractivity contribution in [2.75, 3.05) is 31.2 Å². The minimum Gasteiger partial charge on any atom is -0.378 e. The lowest BCUT2D eigenvalue weighted by atomic mass is 10.3. The number of anilines is 1. The Kier molecular flexibility index (Phi) is 5.39. The summed E-state index contributed by atoms with van der Waals surface area (Å²) in [5, 5.41) is 0. The molecule has 3 rings (SSSR count). The largest absolute Gasteiger partial charge is 0.378 e. The Labute approximate surface area is 141 Å². The zero-order valence-electron chi connectivity index (χ0n) is 13.3. The zero-order valence-corrected chi connectivity index (χ0v) is 14.1. The molecule has 2 aromatic heterocycles. The molecule has 3 heterocycles. The van der Waals surface area contributed by atoms with Gasteiger partial charge in [-0.15, -0.1) is 0 Å². The molecule has 0 atom stereocenters. The fourth-order valence-corrected chi connectivity index (χ4v) is 3.47. The summed E-state index contributed by atoms with van der Waals surface area (Å²) < 4.78 is 32.1. The number of rotatable bonds is 6. The molecule has 1 aliphatic heterocycles. The van der Waals surface area contributed by atoms with Gasteiger partial charge in [-0.25, -0.2) is 18.1 Å². The Morgan fingerprint density at radius 3 is 2.62 bits per heavy atom. The third-order valence-electron chi connectivity index (χ3n) is 3.70. The maximum Gasteiger partial charge on any atom is 0.217 e. The molecular formula is C16H20N4O3S. The molecule has 0 aliphatic carbocycles. The second kappa shape index (κ2) is 7.69. The fraction of sp³-hybridized carbons (Fsp3) is 0.375. The Morgan fingerprint density at radius 1 is 1.12 bits per heavy atom. The van der Waals surface area contributed by atoms with E-state index in [1.54, 1.807) is 30.6 Å². The zero-order chi connectivity index (χ0) is 16.8. The predicted octanol–water partition coefficient (Wildman–Crippen LogP) is 0.933. The second-order valence-electron chi connectivity index (χ2n) is 5.53. The summed E-state index contributed by atoms with van der Waals surface area (Å²) in [6, 6.07) is 9.02. The number of sulfonamides is 1. The molecule has 0 radical (unpaired) electrons. The molecular weight excluding hydrogens is 328 g/mol. The lowest BCUT2D eigenvalue weighted by Gasteiger charge is -2.27. The van der Waals surface area contributed by atoms with Gasteiger partial charge in [0.05, 0.1) is 18.9 Å². The molecule has 0 spiro atoms. The van der Waals surface area contributed by atoms with Gasteiger partial charge in [0.2, 0.25) is 10.0 Å². The van der Waals surface area contributed by atoms with Gasteiger partial charge in [-0.2, -0.15) is 0 Å². The van der Waals surface area contributed by atoms with Crippen LogP contribution in [-0.4, -0.2) is 44.7 Å². The second-order valence-corrected chi connectivity index (χ2v) is 7.33. The fourth-order valence-electron chi connectivity index (χ4n) is 2.42. The summed E-state index contributed by atoms with van der Waals surface area (Å²) in [5.74, 6) is 0.756. The third kappa shape index (κ3) is 4.73. The van der Waals surface area contributed by atoms with Gasteiger partial charge in [-0.1, -0.05) is 12.1 Å². The van der Waals surface area contributed by atoms with Crippen molar-refractivity contribution in [2.45, 2.75) is 12.3 Å². The maximum atomic E-state index is 12.1. The van der Waals surface area contributed by atoms with Gasteiger partial charge in [0.15, 0.2) is 0 Å². The topological polar surface area (TPSA) is 84.4 Å². The van der Waals surface area contributed by atoms with Gasteiger partial charge >= 0.3 is 0 Å². The van der Waals surface area contributed by atoms with Crippen LogP contribution in [0.1, 0.15) is 11.3 Å². The molecule has 1 aliphatic rings. The van der Waals surface area contributed by atoms with Gasteiger partial charge in [-0.3, -0.25) is 4.98 Å². The summed E-state index contributed by atoms with van der Waals surface area (Å²) in [6.07, 6.45) is 3.28. The molecule has 128 valence electrons. The highest BCUT2D eigenvalue weighted by molar-refractivity contribution is 7.88. The van der Waals surface area contributed by atoms with Crippen molar-refractivity contribution in [1.29, 1.82) is 0 Å². The highest BCUT2D eigenvalue weighted by atomic mass is 32.2. The molecule has 1 saturated heterocycles. The lowest BCUT2D eigenvalue weighted by molar-refractivity contribution is 0.122. The van der Waals surface area contributed by atoms with Crippen molar-refractivity contribution < 1.29 is 13.2 Å². The lowest BCUT2D eigenvalue weighted by Crippen LogP contribution is -2.36.